The van der Waals surface area contributed by atoms with Crippen LogP contribution in [0.2, 0.25) is 0 Å². The van der Waals surface area contributed by atoms with Gasteiger partial charge in [0.15, 0.2) is 0 Å². The molecule has 0 unspecified atom stereocenters. The first kappa shape index (κ1) is 15.5. The molecule has 0 aliphatic heterocycles. The minimum atomic E-state index is -3.20. The zero-order valence-corrected chi connectivity index (χ0v) is 11.7. The van der Waals surface area contributed by atoms with Crippen molar-refractivity contribution in [1.29, 1.82) is 0 Å². The Kier molecular flexibility index (Phi) is 5.78. The zero-order valence-electron chi connectivity index (χ0n) is 10.8. The van der Waals surface area contributed by atoms with Crippen molar-refractivity contribution in [2.24, 2.45) is 0 Å². The second-order valence-corrected chi connectivity index (χ2v) is 6.05. The zero-order chi connectivity index (χ0) is 14.3. The number of nitrogens with one attached hydrogen (secondary N) is 2. The third-order valence-electron chi connectivity index (χ3n) is 2.49. The number of carbonyl (C=O) groups is 1. The molecule has 4 N–H and O–H groups in total. The lowest BCUT2D eigenvalue weighted by molar-refractivity contribution is -0.121. The van der Waals surface area contributed by atoms with Crippen molar-refractivity contribution in [3.63, 3.8) is 0 Å². The topological polar surface area (TPSA) is 101 Å². The summed E-state index contributed by atoms with van der Waals surface area (Å²) in [7, 11) is -3.20. The normalized spacial score (nSPS) is 11.2. The SMILES string of the molecule is CS(=O)(=O)NCCNC(=O)CCc1ccccc1N. The number of benzene rings is 1. The quantitative estimate of drug-likeness (QED) is 0.479. The van der Waals surface area contributed by atoms with E-state index in [9.17, 15) is 13.2 Å². The fraction of sp³-hybridized carbons (Fsp3) is 0.417. The molecule has 106 valence electrons. The predicted octanol–water partition coefficient (Wildman–Crippen LogP) is -0.133. The summed E-state index contributed by atoms with van der Waals surface area (Å²) in [6.07, 6.45) is 1.97. The van der Waals surface area contributed by atoms with Crippen LogP contribution in [0.3, 0.4) is 0 Å². The number of sulfonamides is 1. The van der Waals surface area contributed by atoms with Gasteiger partial charge in [-0.2, -0.15) is 0 Å². The lowest BCUT2D eigenvalue weighted by Crippen LogP contribution is -2.34. The number of rotatable bonds is 7. The van der Waals surface area contributed by atoms with Crippen LogP contribution in [0.25, 0.3) is 0 Å². The van der Waals surface area contributed by atoms with E-state index < -0.39 is 10.0 Å². The summed E-state index contributed by atoms with van der Waals surface area (Å²) in [6, 6.07) is 7.40. The predicted molar refractivity (Wildman–Crippen MR) is 75.0 cm³/mol. The lowest BCUT2D eigenvalue weighted by atomic mass is 10.1. The van der Waals surface area contributed by atoms with Crippen LogP contribution < -0.4 is 15.8 Å². The Labute approximate surface area is 113 Å². The van der Waals surface area contributed by atoms with E-state index >= 15 is 0 Å². The number of anilines is 1. The number of nitrogens with two attached hydrogens (primary N) is 1. The first-order valence-corrected chi connectivity index (χ1v) is 7.82. The van der Waals surface area contributed by atoms with Crippen LogP contribution in [0.15, 0.2) is 24.3 Å². The molecule has 1 aromatic carbocycles. The molecule has 0 spiro atoms. The van der Waals surface area contributed by atoms with E-state index in [-0.39, 0.29) is 19.0 Å². The van der Waals surface area contributed by atoms with E-state index in [0.29, 0.717) is 18.5 Å². The Hall–Kier alpha value is -1.60. The van der Waals surface area contributed by atoms with E-state index in [4.69, 9.17) is 5.73 Å². The highest BCUT2D eigenvalue weighted by molar-refractivity contribution is 7.88. The molecule has 0 bridgehead atoms. The van der Waals surface area contributed by atoms with Gasteiger partial charge in [-0.15, -0.1) is 0 Å². The van der Waals surface area contributed by atoms with Gasteiger partial charge in [-0.25, -0.2) is 13.1 Å². The van der Waals surface area contributed by atoms with Gasteiger partial charge in [0, 0.05) is 25.2 Å². The summed E-state index contributed by atoms with van der Waals surface area (Å²) in [4.78, 5) is 11.5. The molecule has 0 aliphatic rings. The Morgan fingerprint density at radius 3 is 2.58 bits per heavy atom. The molecule has 0 fully saturated rings. The fourth-order valence-corrected chi connectivity index (χ4v) is 2.01. The lowest BCUT2D eigenvalue weighted by Gasteiger charge is -2.07. The van der Waals surface area contributed by atoms with E-state index in [0.717, 1.165) is 11.8 Å². The van der Waals surface area contributed by atoms with Crippen molar-refractivity contribution >= 4 is 21.6 Å². The molecule has 7 heteroatoms. The van der Waals surface area contributed by atoms with Gasteiger partial charge in [0.25, 0.3) is 0 Å². The van der Waals surface area contributed by atoms with E-state index in [1.54, 1.807) is 6.07 Å². The molecule has 0 atom stereocenters. The number of para-hydroxylation sites is 1. The smallest absolute Gasteiger partial charge is 0.220 e. The third-order valence-corrected chi connectivity index (χ3v) is 3.22. The molecular weight excluding hydrogens is 266 g/mol. The second kappa shape index (κ2) is 7.10. The average Bonchev–Trinajstić information content (AvgIpc) is 2.32. The Balaban J connectivity index is 2.24. The highest BCUT2D eigenvalue weighted by atomic mass is 32.2. The highest BCUT2D eigenvalue weighted by Crippen LogP contribution is 2.12. The van der Waals surface area contributed by atoms with Gasteiger partial charge in [0.1, 0.15) is 0 Å². The number of aryl methyl sites for hydroxylation is 1. The number of hydrogen-bond acceptors (Lipinski definition) is 4. The number of nitrogen functional groups attached to an aromatic ring is 1. The van der Waals surface area contributed by atoms with Crippen LogP contribution in [0.1, 0.15) is 12.0 Å². The number of hydrogen-bond donors (Lipinski definition) is 3. The maximum Gasteiger partial charge on any atom is 0.220 e. The summed E-state index contributed by atoms with van der Waals surface area (Å²) in [5.41, 5.74) is 7.38. The average molecular weight is 285 g/mol. The van der Waals surface area contributed by atoms with Crippen molar-refractivity contribution in [1.82, 2.24) is 10.0 Å². The Morgan fingerprint density at radius 2 is 1.95 bits per heavy atom. The highest BCUT2D eigenvalue weighted by Gasteiger charge is 2.04. The van der Waals surface area contributed by atoms with Crippen molar-refractivity contribution < 1.29 is 13.2 Å². The Bertz CT molecular complexity index is 529. The summed E-state index contributed by atoms with van der Waals surface area (Å²) < 4.78 is 23.9. The number of carbonyl (C=O) groups excluding carboxylic acids is 1. The molecule has 1 aromatic rings. The van der Waals surface area contributed by atoms with Crippen LogP contribution in [0, 0.1) is 0 Å². The van der Waals surface area contributed by atoms with Crippen molar-refractivity contribution in [2.45, 2.75) is 12.8 Å². The van der Waals surface area contributed by atoms with Crippen molar-refractivity contribution in [3.8, 4) is 0 Å². The summed E-state index contributed by atoms with van der Waals surface area (Å²) >= 11 is 0. The largest absolute Gasteiger partial charge is 0.399 e. The third kappa shape index (κ3) is 6.78. The van der Waals surface area contributed by atoms with Crippen LogP contribution in [-0.4, -0.2) is 33.7 Å². The van der Waals surface area contributed by atoms with Gasteiger partial charge in [-0.05, 0) is 18.1 Å². The summed E-state index contributed by atoms with van der Waals surface area (Å²) in [6.45, 7) is 0.466. The standard InChI is InChI=1S/C12H19N3O3S/c1-19(17,18)15-9-8-14-12(16)7-6-10-4-2-3-5-11(10)13/h2-5,15H,6-9,13H2,1H3,(H,14,16). The van der Waals surface area contributed by atoms with E-state index in [2.05, 4.69) is 10.0 Å². The van der Waals surface area contributed by atoms with Crippen LogP contribution in [0.5, 0.6) is 0 Å². The van der Waals surface area contributed by atoms with Gasteiger partial charge in [0.05, 0.1) is 6.26 Å². The monoisotopic (exact) mass is 285 g/mol. The van der Waals surface area contributed by atoms with Crippen molar-refractivity contribution in [2.75, 3.05) is 25.1 Å². The van der Waals surface area contributed by atoms with Crippen molar-refractivity contribution in [3.05, 3.63) is 29.8 Å². The molecule has 0 aromatic heterocycles. The van der Waals surface area contributed by atoms with Crippen LogP contribution in [-0.2, 0) is 21.2 Å². The van der Waals surface area contributed by atoms with E-state index in [1.165, 1.54) is 0 Å². The van der Waals surface area contributed by atoms with Crippen LogP contribution >= 0.6 is 0 Å². The van der Waals surface area contributed by atoms with Crippen LogP contribution in [0.4, 0.5) is 5.69 Å². The Morgan fingerprint density at radius 1 is 1.26 bits per heavy atom. The molecule has 0 saturated heterocycles. The van der Waals surface area contributed by atoms with Gasteiger partial charge in [0.2, 0.25) is 15.9 Å². The minimum Gasteiger partial charge on any atom is -0.399 e. The molecule has 0 saturated carbocycles. The van der Waals surface area contributed by atoms with Gasteiger partial charge in [-0.3, -0.25) is 4.79 Å². The fourth-order valence-electron chi connectivity index (χ4n) is 1.54. The molecule has 1 amide bonds. The molecule has 0 aliphatic carbocycles. The molecule has 19 heavy (non-hydrogen) atoms. The van der Waals surface area contributed by atoms with Gasteiger partial charge < -0.3 is 11.1 Å². The summed E-state index contributed by atoms with van der Waals surface area (Å²) in [5.74, 6) is -0.126. The molecule has 1 rings (SSSR count). The molecule has 0 radical (unpaired) electrons. The van der Waals surface area contributed by atoms with Gasteiger partial charge >= 0.3 is 0 Å². The minimum absolute atomic E-state index is 0.126. The van der Waals surface area contributed by atoms with E-state index in [1.807, 2.05) is 18.2 Å². The first-order chi connectivity index (χ1) is 8.88. The molecule has 0 heterocycles. The summed E-state index contributed by atoms with van der Waals surface area (Å²) in [5, 5.41) is 2.64. The number of amides is 1. The van der Waals surface area contributed by atoms with Gasteiger partial charge in [-0.1, -0.05) is 18.2 Å². The maximum absolute atomic E-state index is 11.5. The molecular formula is C12H19N3O3S. The maximum atomic E-state index is 11.5. The first-order valence-electron chi connectivity index (χ1n) is 5.93. The molecule has 6 nitrogen and oxygen atoms in total. The second-order valence-electron chi connectivity index (χ2n) is 4.22.